The third kappa shape index (κ3) is 2.80. The highest BCUT2D eigenvalue weighted by atomic mass is 16.5. The Morgan fingerprint density at radius 2 is 2.18 bits per heavy atom. The van der Waals surface area contributed by atoms with E-state index in [4.69, 9.17) is 4.74 Å². The number of likely N-dealkylation sites (tertiary alicyclic amines) is 1. The van der Waals surface area contributed by atoms with Crippen LogP contribution in [-0.2, 0) is 9.59 Å². The Hall–Kier alpha value is -2.04. The van der Waals surface area contributed by atoms with E-state index in [1.807, 2.05) is 30.0 Å². The lowest BCUT2D eigenvalue weighted by atomic mass is 10.0. The standard InChI is InChI=1S/C17H22N2O3/c1-12-6-7-15-14(9-12)19(17(21)11-22-15)10-16(20)18-8-4-3-5-13(18)2/h6-7,9,13H,3-5,8,10-11H2,1-2H3/t13-/m0/s1. The number of amides is 2. The summed E-state index contributed by atoms with van der Waals surface area (Å²) in [5.74, 6) is 0.538. The fourth-order valence-corrected chi connectivity index (χ4v) is 3.18. The minimum absolute atomic E-state index is 0.00110. The first-order chi connectivity index (χ1) is 10.6. The van der Waals surface area contributed by atoms with Gasteiger partial charge in [-0.2, -0.15) is 0 Å². The van der Waals surface area contributed by atoms with Crippen LogP contribution < -0.4 is 9.64 Å². The second kappa shape index (κ2) is 5.99. The first-order valence-electron chi connectivity index (χ1n) is 7.89. The van der Waals surface area contributed by atoms with Crippen LogP contribution in [0.5, 0.6) is 5.75 Å². The molecule has 22 heavy (non-hydrogen) atoms. The minimum Gasteiger partial charge on any atom is -0.482 e. The summed E-state index contributed by atoms with van der Waals surface area (Å²) in [6.07, 6.45) is 3.25. The van der Waals surface area contributed by atoms with Gasteiger partial charge in [0.25, 0.3) is 5.91 Å². The number of nitrogens with zero attached hydrogens (tertiary/aromatic N) is 2. The van der Waals surface area contributed by atoms with Crippen molar-refractivity contribution in [2.75, 3.05) is 24.6 Å². The van der Waals surface area contributed by atoms with Crippen molar-refractivity contribution in [3.05, 3.63) is 23.8 Å². The summed E-state index contributed by atoms with van der Waals surface area (Å²) in [4.78, 5) is 28.3. The van der Waals surface area contributed by atoms with Gasteiger partial charge in [-0.15, -0.1) is 0 Å². The lowest BCUT2D eigenvalue weighted by Crippen LogP contribution is -2.50. The Bertz CT molecular complexity index is 600. The number of piperidine rings is 1. The van der Waals surface area contributed by atoms with Gasteiger partial charge in [-0.25, -0.2) is 0 Å². The zero-order chi connectivity index (χ0) is 15.7. The van der Waals surface area contributed by atoms with E-state index in [-0.39, 0.29) is 31.0 Å². The molecule has 2 aliphatic rings. The molecule has 1 aromatic rings. The Labute approximate surface area is 130 Å². The number of fused-ring (bicyclic) bond motifs is 1. The molecule has 0 bridgehead atoms. The third-order valence-electron chi connectivity index (χ3n) is 4.47. The van der Waals surface area contributed by atoms with Crippen molar-refractivity contribution in [3.63, 3.8) is 0 Å². The zero-order valence-electron chi connectivity index (χ0n) is 13.2. The largest absolute Gasteiger partial charge is 0.482 e. The smallest absolute Gasteiger partial charge is 0.265 e. The van der Waals surface area contributed by atoms with E-state index in [1.54, 1.807) is 4.90 Å². The SMILES string of the molecule is Cc1ccc2c(c1)N(CC(=O)N1CCCC[C@@H]1C)C(=O)CO2. The van der Waals surface area contributed by atoms with Crippen LogP contribution in [0.2, 0.25) is 0 Å². The van der Waals surface area contributed by atoms with Crippen LogP contribution in [0.1, 0.15) is 31.7 Å². The van der Waals surface area contributed by atoms with Crippen molar-refractivity contribution in [1.29, 1.82) is 0 Å². The number of hydrogen-bond donors (Lipinski definition) is 0. The second-order valence-electron chi connectivity index (χ2n) is 6.17. The first-order valence-corrected chi connectivity index (χ1v) is 7.89. The van der Waals surface area contributed by atoms with Crippen molar-refractivity contribution < 1.29 is 14.3 Å². The lowest BCUT2D eigenvalue weighted by molar-refractivity contribution is -0.134. The molecule has 5 heteroatoms. The van der Waals surface area contributed by atoms with E-state index in [0.29, 0.717) is 11.4 Å². The van der Waals surface area contributed by atoms with E-state index in [9.17, 15) is 9.59 Å². The van der Waals surface area contributed by atoms with E-state index < -0.39 is 0 Å². The van der Waals surface area contributed by atoms with Crippen LogP contribution in [0.15, 0.2) is 18.2 Å². The van der Waals surface area contributed by atoms with Crippen LogP contribution in [0.4, 0.5) is 5.69 Å². The van der Waals surface area contributed by atoms with E-state index in [0.717, 1.165) is 24.9 Å². The lowest BCUT2D eigenvalue weighted by Gasteiger charge is -2.36. The Morgan fingerprint density at radius 3 is 2.95 bits per heavy atom. The summed E-state index contributed by atoms with van der Waals surface area (Å²) >= 11 is 0. The average Bonchev–Trinajstić information content (AvgIpc) is 2.50. The Morgan fingerprint density at radius 1 is 1.36 bits per heavy atom. The highest BCUT2D eigenvalue weighted by molar-refractivity contribution is 6.02. The summed E-state index contributed by atoms with van der Waals surface area (Å²) in [5, 5.41) is 0. The molecule has 118 valence electrons. The molecule has 0 aliphatic carbocycles. The topological polar surface area (TPSA) is 49.9 Å². The molecular formula is C17H22N2O3. The summed E-state index contributed by atoms with van der Waals surface area (Å²) in [6, 6.07) is 5.97. The number of carbonyl (C=O) groups excluding carboxylic acids is 2. The van der Waals surface area contributed by atoms with Gasteiger partial charge in [0.1, 0.15) is 12.3 Å². The van der Waals surface area contributed by atoms with Crippen molar-refractivity contribution in [3.8, 4) is 5.75 Å². The molecule has 0 aromatic heterocycles. The maximum Gasteiger partial charge on any atom is 0.265 e. The summed E-state index contributed by atoms with van der Waals surface area (Å²) in [5.41, 5.74) is 1.75. The van der Waals surface area contributed by atoms with Gasteiger partial charge in [-0.3, -0.25) is 14.5 Å². The van der Waals surface area contributed by atoms with Crippen LogP contribution in [-0.4, -0.2) is 42.5 Å². The van der Waals surface area contributed by atoms with Gasteiger partial charge in [0.2, 0.25) is 5.91 Å². The molecule has 2 heterocycles. The van der Waals surface area contributed by atoms with Crippen LogP contribution in [0.25, 0.3) is 0 Å². The predicted octanol–water partition coefficient (Wildman–Crippen LogP) is 2.12. The molecule has 1 saturated heterocycles. The van der Waals surface area contributed by atoms with Gasteiger partial charge in [0.15, 0.2) is 6.61 Å². The maximum atomic E-state index is 12.6. The maximum absolute atomic E-state index is 12.6. The predicted molar refractivity (Wildman–Crippen MR) is 84.1 cm³/mol. The molecule has 1 aromatic carbocycles. The number of rotatable bonds is 2. The molecule has 0 radical (unpaired) electrons. The van der Waals surface area contributed by atoms with Crippen molar-refractivity contribution >= 4 is 17.5 Å². The second-order valence-corrected chi connectivity index (χ2v) is 6.17. The highest BCUT2D eigenvalue weighted by Gasteiger charge is 2.31. The van der Waals surface area contributed by atoms with Crippen LogP contribution >= 0.6 is 0 Å². The van der Waals surface area contributed by atoms with E-state index in [2.05, 4.69) is 6.92 Å². The summed E-state index contributed by atoms with van der Waals surface area (Å²) < 4.78 is 5.45. The normalized spacial score (nSPS) is 21.4. The molecule has 1 atom stereocenters. The average molecular weight is 302 g/mol. The number of ether oxygens (including phenoxy) is 1. The van der Waals surface area contributed by atoms with Gasteiger partial charge in [-0.1, -0.05) is 6.07 Å². The Balaban J connectivity index is 1.81. The van der Waals surface area contributed by atoms with Crippen molar-refractivity contribution in [1.82, 2.24) is 4.90 Å². The van der Waals surface area contributed by atoms with Gasteiger partial charge in [0, 0.05) is 12.6 Å². The van der Waals surface area contributed by atoms with Gasteiger partial charge in [0.05, 0.1) is 5.69 Å². The zero-order valence-corrected chi connectivity index (χ0v) is 13.2. The quantitative estimate of drug-likeness (QED) is 0.841. The van der Waals surface area contributed by atoms with Crippen molar-refractivity contribution in [2.45, 2.75) is 39.2 Å². The highest BCUT2D eigenvalue weighted by Crippen LogP contribution is 2.33. The van der Waals surface area contributed by atoms with Crippen LogP contribution in [0.3, 0.4) is 0 Å². The van der Waals surface area contributed by atoms with E-state index in [1.165, 1.54) is 6.42 Å². The molecule has 0 saturated carbocycles. The monoisotopic (exact) mass is 302 g/mol. The molecule has 3 rings (SSSR count). The van der Waals surface area contributed by atoms with Gasteiger partial charge >= 0.3 is 0 Å². The first kappa shape index (κ1) is 14.9. The van der Waals surface area contributed by atoms with Gasteiger partial charge < -0.3 is 9.64 Å². The molecule has 5 nitrogen and oxygen atoms in total. The minimum atomic E-state index is -0.156. The number of carbonyl (C=O) groups is 2. The molecule has 2 amide bonds. The summed E-state index contributed by atoms with van der Waals surface area (Å²) in [7, 11) is 0. The number of hydrogen-bond acceptors (Lipinski definition) is 3. The van der Waals surface area contributed by atoms with Gasteiger partial charge in [-0.05, 0) is 50.8 Å². The van der Waals surface area contributed by atoms with Crippen molar-refractivity contribution in [2.24, 2.45) is 0 Å². The molecule has 2 aliphatic heterocycles. The fraction of sp³-hybridized carbons (Fsp3) is 0.529. The summed E-state index contributed by atoms with van der Waals surface area (Å²) in [6.45, 7) is 4.93. The Kier molecular flexibility index (Phi) is 4.05. The third-order valence-corrected chi connectivity index (χ3v) is 4.47. The number of benzene rings is 1. The molecular weight excluding hydrogens is 280 g/mol. The number of anilines is 1. The molecule has 0 spiro atoms. The molecule has 0 unspecified atom stereocenters. The number of aryl methyl sites for hydroxylation is 1. The van der Waals surface area contributed by atoms with Crippen LogP contribution in [0, 0.1) is 6.92 Å². The molecule has 0 N–H and O–H groups in total. The fourth-order valence-electron chi connectivity index (χ4n) is 3.18. The van der Waals surface area contributed by atoms with E-state index >= 15 is 0 Å². The molecule has 1 fully saturated rings.